The lowest BCUT2D eigenvalue weighted by Gasteiger charge is -2.34. The van der Waals surface area contributed by atoms with E-state index in [9.17, 15) is 4.79 Å². The first kappa shape index (κ1) is 18.1. The molecule has 0 aliphatic carbocycles. The first-order valence-corrected chi connectivity index (χ1v) is 9.29. The molecule has 0 spiro atoms. The van der Waals surface area contributed by atoms with Crippen molar-refractivity contribution >= 4 is 16.9 Å². The van der Waals surface area contributed by atoms with Gasteiger partial charge in [0.15, 0.2) is 11.5 Å². The van der Waals surface area contributed by atoms with Gasteiger partial charge in [-0.1, -0.05) is 55.3 Å². The molecule has 0 radical (unpaired) electrons. The summed E-state index contributed by atoms with van der Waals surface area (Å²) < 4.78 is 12.5. The van der Waals surface area contributed by atoms with Crippen molar-refractivity contribution in [2.24, 2.45) is 5.73 Å². The fourth-order valence-electron chi connectivity index (χ4n) is 3.93. The Kier molecular flexibility index (Phi) is 4.81. The van der Waals surface area contributed by atoms with Gasteiger partial charge >= 0.3 is 0 Å². The Morgan fingerprint density at radius 2 is 1.96 bits per heavy atom. The number of hydrogen-bond acceptors (Lipinski definition) is 4. The number of para-hydroxylation sites is 1. The lowest BCUT2D eigenvalue weighted by molar-refractivity contribution is -0.126. The van der Waals surface area contributed by atoms with Crippen LogP contribution in [0.3, 0.4) is 0 Å². The molecule has 0 saturated carbocycles. The van der Waals surface area contributed by atoms with E-state index in [0.29, 0.717) is 18.1 Å². The van der Waals surface area contributed by atoms with Gasteiger partial charge in [0.05, 0.1) is 18.5 Å². The molecule has 1 amide bonds. The quantitative estimate of drug-likeness (QED) is 0.712. The normalized spacial score (nSPS) is 20.6. The van der Waals surface area contributed by atoms with Gasteiger partial charge < -0.3 is 14.9 Å². The predicted octanol–water partition coefficient (Wildman–Crippen LogP) is 3.29. The largest absolute Gasteiger partial charge is 0.483 e. The molecule has 2 N–H and O–H groups in total. The minimum Gasteiger partial charge on any atom is -0.483 e. The van der Waals surface area contributed by atoms with Crippen LogP contribution >= 0.6 is 0 Å². The van der Waals surface area contributed by atoms with Gasteiger partial charge in [-0.2, -0.15) is 0 Å². The number of terminal acetylenes is 1. The van der Waals surface area contributed by atoms with Crippen molar-refractivity contribution in [3.63, 3.8) is 0 Å². The number of amides is 1. The second-order valence-electron chi connectivity index (χ2n) is 7.09. The summed E-state index contributed by atoms with van der Waals surface area (Å²) in [4.78, 5) is 14.3. The van der Waals surface area contributed by atoms with Crippen LogP contribution in [0.25, 0.3) is 11.0 Å². The van der Waals surface area contributed by atoms with Crippen LogP contribution in [0.1, 0.15) is 24.2 Å². The average Bonchev–Trinajstić information content (AvgIpc) is 2.95. The first-order chi connectivity index (χ1) is 13.6. The Morgan fingerprint density at radius 1 is 1.25 bits per heavy atom. The molecule has 2 unspecified atom stereocenters. The molecule has 3 atom stereocenters. The van der Waals surface area contributed by atoms with E-state index in [-0.39, 0.29) is 12.5 Å². The molecule has 142 valence electrons. The van der Waals surface area contributed by atoms with Gasteiger partial charge in [0.1, 0.15) is 17.7 Å². The Balaban J connectivity index is 1.85. The molecule has 0 bridgehead atoms. The molecule has 28 heavy (non-hydrogen) atoms. The molecular formula is C23H22N2O3. The number of fused-ring (bicyclic) bond motifs is 3. The smallest absolute Gasteiger partial charge is 0.238 e. The van der Waals surface area contributed by atoms with E-state index >= 15 is 0 Å². The molecule has 1 aliphatic heterocycles. The summed E-state index contributed by atoms with van der Waals surface area (Å²) >= 11 is 0. The second-order valence-corrected chi connectivity index (χ2v) is 7.09. The molecule has 1 aromatic heterocycles. The van der Waals surface area contributed by atoms with E-state index < -0.39 is 18.1 Å². The maximum absolute atomic E-state index is 12.5. The van der Waals surface area contributed by atoms with Crippen LogP contribution in [0, 0.1) is 12.3 Å². The maximum Gasteiger partial charge on any atom is 0.238 e. The van der Waals surface area contributed by atoms with Crippen molar-refractivity contribution in [2.75, 3.05) is 6.54 Å². The van der Waals surface area contributed by atoms with Crippen LogP contribution in [-0.2, 0) is 11.3 Å². The number of rotatable bonds is 4. The minimum atomic E-state index is -0.674. The van der Waals surface area contributed by atoms with Gasteiger partial charge in [0.25, 0.3) is 0 Å². The summed E-state index contributed by atoms with van der Waals surface area (Å²) in [7, 11) is 0. The fraction of sp³-hybridized carbons (Fsp3) is 0.261. The number of benzene rings is 2. The molecule has 3 aromatic rings. The first-order valence-electron chi connectivity index (χ1n) is 9.29. The maximum atomic E-state index is 12.5. The zero-order valence-electron chi connectivity index (χ0n) is 15.7. The number of nitrogens with two attached hydrogens (primary N) is 1. The van der Waals surface area contributed by atoms with Gasteiger partial charge in [-0.25, -0.2) is 0 Å². The van der Waals surface area contributed by atoms with Crippen LogP contribution in [0.5, 0.6) is 5.75 Å². The van der Waals surface area contributed by atoms with Crippen molar-refractivity contribution in [1.82, 2.24) is 4.90 Å². The third-order valence-electron chi connectivity index (χ3n) is 5.33. The Bertz CT molecular complexity index is 1030. The van der Waals surface area contributed by atoms with Crippen LogP contribution in [-0.4, -0.2) is 29.5 Å². The summed E-state index contributed by atoms with van der Waals surface area (Å²) in [5, 5.41) is 0.883. The highest BCUT2D eigenvalue weighted by Gasteiger charge is 2.42. The standard InChI is InChI=1S/C23H22N2O3/c1-3-13-25-14-19-22(17-11-7-8-12-18(17)27-19)28-21(20(25)23(24)26)15(2)16-9-5-4-6-10-16/h1,4-12,15,20-21H,13-14H2,2H3,(H2,24,26)/t15-,20?,21?/m0/s1. The second kappa shape index (κ2) is 7.41. The summed E-state index contributed by atoms with van der Waals surface area (Å²) in [5.74, 6) is 3.41. The monoisotopic (exact) mass is 374 g/mol. The highest BCUT2D eigenvalue weighted by molar-refractivity contribution is 5.86. The van der Waals surface area contributed by atoms with Crippen molar-refractivity contribution in [2.45, 2.75) is 31.5 Å². The lowest BCUT2D eigenvalue weighted by Crippen LogP contribution is -2.54. The third kappa shape index (κ3) is 3.12. The van der Waals surface area contributed by atoms with E-state index in [2.05, 4.69) is 5.92 Å². The molecule has 5 heteroatoms. The SMILES string of the molecule is C#CCN1Cc2oc3ccccc3c2OC([C@@H](C)c2ccccc2)C1C(N)=O. The zero-order chi connectivity index (χ0) is 19.7. The van der Waals surface area contributed by atoms with Crippen molar-refractivity contribution < 1.29 is 13.9 Å². The van der Waals surface area contributed by atoms with E-state index in [1.54, 1.807) is 0 Å². The van der Waals surface area contributed by atoms with Gasteiger partial charge in [-0.05, 0) is 17.7 Å². The third-order valence-corrected chi connectivity index (χ3v) is 5.33. The van der Waals surface area contributed by atoms with Gasteiger partial charge in [-0.3, -0.25) is 9.69 Å². The topological polar surface area (TPSA) is 68.7 Å². The summed E-state index contributed by atoms with van der Waals surface area (Å²) in [6.07, 6.45) is 5.08. The summed E-state index contributed by atoms with van der Waals surface area (Å²) in [5.41, 5.74) is 7.63. The van der Waals surface area contributed by atoms with Crippen LogP contribution in [0.2, 0.25) is 0 Å². The van der Waals surface area contributed by atoms with Crippen LogP contribution in [0.15, 0.2) is 59.0 Å². The van der Waals surface area contributed by atoms with Gasteiger partial charge in [-0.15, -0.1) is 6.42 Å². The minimum absolute atomic E-state index is 0.0846. The van der Waals surface area contributed by atoms with Crippen molar-refractivity contribution in [3.8, 4) is 18.1 Å². The molecule has 4 rings (SSSR count). The molecule has 2 heterocycles. The molecule has 2 aromatic carbocycles. The number of nitrogens with zero attached hydrogens (tertiary/aromatic N) is 1. The number of carbonyl (C=O) groups excluding carboxylic acids is 1. The number of ether oxygens (including phenoxy) is 1. The van der Waals surface area contributed by atoms with Crippen molar-refractivity contribution in [3.05, 3.63) is 65.9 Å². The lowest BCUT2D eigenvalue weighted by atomic mass is 9.89. The van der Waals surface area contributed by atoms with Gasteiger partial charge in [0, 0.05) is 5.92 Å². The van der Waals surface area contributed by atoms with Crippen molar-refractivity contribution in [1.29, 1.82) is 0 Å². The Hall–Kier alpha value is -3.23. The number of primary amides is 1. The summed E-state index contributed by atoms with van der Waals surface area (Å²) in [6.45, 7) is 2.67. The highest BCUT2D eigenvalue weighted by Crippen LogP contribution is 2.40. The molecule has 5 nitrogen and oxygen atoms in total. The number of carbonyl (C=O) groups is 1. The van der Waals surface area contributed by atoms with E-state index in [1.165, 1.54) is 0 Å². The van der Waals surface area contributed by atoms with Gasteiger partial charge in [0.2, 0.25) is 5.91 Å². The summed E-state index contributed by atoms with van der Waals surface area (Å²) in [6, 6.07) is 17.0. The number of furan rings is 1. The fourth-order valence-corrected chi connectivity index (χ4v) is 3.93. The number of hydrogen-bond donors (Lipinski definition) is 1. The van der Waals surface area contributed by atoms with E-state index in [4.69, 9.17) is 21.3 Å². The average molecular weight is 374 g/mol. The molecule has 0 fully saturated rings. The van der Waals surface area contributed by atoms with Crippen LogP contribution < -0.4 is 10.5 Å². The zero-order valence-corrected chi connectivity index (χ0v) is 15.7. The highest BCUT2D eigenvalue weighted by atomic mass is 16.5. The van der Waals surface area contributed by atoms with Crippen LogP contribution in [0.4, 0.5) is 0 Å². The molecule has 1 aliphatic rings. The molecule has 0 saturated heterocycles. The molecular weight excluding hydrogens is 352 g/mol. The predicted molar refractivity (Wildman–Crippen MR) is 108 cm³/mol. The Morgan fingerprint density at radius 3 is 2.68 bits per heavy atom. The van der Waals surface area contributed by atoms with E-state index in [1.807, 2.05) is 66.4 Å². The Labute approximate surface area is 164 Å². The van der Waals surface area contributed by atoms with E-state index in [0.717, 1.165) is 16.5 Å².